The summed E-state index contributed by atoms with van der Waals surface area (Å²) in [6.45, 7) is 3.15. The fourth-order valence-electron chi connectivity index (χ4n) is 3.35. The largest absolute Gasteiger partial charge is 0.460 e. The first-order chi connectivity index (χ1) is 9.16. The van der Waals surface area contributed by atoms with Crippen LogP contribution < -0.4 is 5.32 Å². The van der Waals surface area contributed by atoms with Crippen LogP contribution in [0.15, 0.2) is 30.3 Å². The highest BCUT2D eigenvalue weighted by atomic mass is 16.5. The zero-order valence-corrected chi connectivity index (χ0v) is 10.9. The van der Waals surface area contributed by atoms with Gasteiger partial charge < -0.3 is 10.1 Å². The number of carbonyl (C=O) groups excluding carboxylic acids is 2. The quantitative estimate of drug-likeness (QED) is 0.824. The van der Waals surface area contributed by atoms with Gasteiger partial charge in [-0.1, -0.05) is 30.3 Å². The van der Waals surface area contributed by atoms with Crippen molar-refractivity contribution in [1.29, 1.82) is 0 Å². The number of ketones is 1. The van der Waals surface area contributed by atoms with E-state index >= 15 is 0 Å². The van der Waals surface area contributed by atoms with Gasteiger partial charge in [-0.25, -0.2) is 0 Å². The molecule has 19 heavy (non-hydrogen) atoms. The maximum Gasteiger partial charge on any atom is 0.314 e. The molecule has 1 aliphatic heterocycles. The summed E-state index contributed by atoms with van der Waals surface area (Å²) in [4.78, 5) is 23.9. The average Bonchev–Trinajstić information content (AvgIpc) is 2.88. The van der Waals surface area contributed by atoms with E-state index in [1.54, 1.807) is 6.92 Å². The molecule has 3 rings (SSSR count). The second-order valence-corrected chi connectivity index (χ2v) is 5.43. The third kappa shape index (κ3) is 1.87. The first-order valence-electron chi connectivity index (χ1n) is 6.58. The van der Waals surface area contributed by atoms with Crippen LogP contribution in [0, 0.1) is 17.3 Å². The molecule has 0 radical (unpaired) electrons. The van der Waals surface area contributed by atoms with Crippen molar-refractivity contribution in [1.82, 2.24) is 5.32 Å². The lowest BCUT2D eigenvalue weighted by Gasteiger charge is -2.13. The van der Waals surface area contributed by atoms with Gasteiger partial charge in [0.1, 0.15) is 12.4 Å². The van der Waals surface area contributed by atoms with Gasteiger partial charge in [-0.05, 0) is 19.0 Å². The molecule has 1 saturated carbocycles. The maximum absolute atomic E-state index is 12.3. The standard InChI is InChI=1S/C15H17NO3/c1-10(17)13-12-7-16-9-15(12,13)14(18)19-8-11-5-3-2-4-6-11/h2-6,12-13,16H,7-9H2,1H3. The summed E-state index contributed by atoms with van der Waals surface area (Å²) >= 11 is 0. The Morgan fingerprint density at radius 1 is 1.37 bits per heavy atom. The zero-order valence-electron chi connectivity index (χ0n) is 10.9. The molecule has 4 nitrogen and oxygen atoms in total. The van der Waals surface area contributed by atoms with Gasteiger partial charge in [-0.3, -0.25) is 9.59 Å². The number of esters is 1. The number of nitrogens with one attached hydrogen (secondary N) is 1. The molecule has 2 aliphatic rings. The molecule has 1 saturated heterocycles. The van der Waals surface area contributed by atoms with Crippen molar-refractivity contribution >= 4 is 11.8 Å². The van der Waals surface area contributed by atoms with Crippen LogP contribution in [-0.2, 0) is 20.9 Å². The SMILES string of the molecule is CC(=O)C1C2CNCC21C(=O)OCc1ccccc1. The predicted octanol–water partition coefficient (Wildman–Crippen LogP) is 1.15. The molecule has 3 atom stereocenters. The van der Waals surface area contributed by atoms with Crippen LogP contribution in [-0.4, -0.2) is 24.8 Å². The number of ether oxygens (including phenoxy) is 1. The molecule has 0 spiro atoms. The number of benzene rings is 1. The Balaban J connectivity index is 1.66. The molecular formula is C15H17NO3. The topological polar surface area (TPSA) is 55.4 Å². The summed E-state index contributed by atoms with van der Waals surface area (Å²) in [5, 5.41) is 3.17. The summed E-state index contributed by atoms with van der Waals surface area (Å²) in [6, 6.07) is 9.59. The van der Waals surface area contributed by atoms with Crippen LogP contribution in [0.25, 0.3) is 0 Å². The van der Waals surface area contributed by atoms with Gasteiger partial charge in [0, 0.05) is 18.4 Å². The first-order valence-corrected chi connectivity index (χ1v) is 6.58. The lowest BCUT2D eigenvalue weighted by atomic mass is 10.0. The molecule has 1 aromatic rings. The molecule has 1 heterocycles. The van der Waals surface area contributed by atoms with Crippen LogP contribution >= 0.6 is 0 Å². The number of hydrogen-bond acceptors (Lipinski definition) is 4. The number of hydrogen-bond donors (Lipinski definition) is 1. The summed E-state index contributed by atoms with van der Waals surface area (Å²) < 4.78 is 5.41. The van der Waals surface area contributed by atoms with E-state index in [9.17, 15) is 9.59 Å². The minimum atomic E-state index is -0.583. The van der Waals surface area contributed by atoms with Crippen molar-refractivity contribution in [3.05, 3.63) is 35.9 Å². The summed E-state index contributed by atoms with van der Waals surface area (Å²) in [5.41, 5.74) is 0.385. The van der Waals surface area contributed by atoms with Crippen LogP contribution in [0.2, 0.25) is 0 Å². The van der Waals surface area contributed by atoms with Gasteiger partial charge in [0.25, 0.3) is 0 Å². The minimum Gasteiger partial charge on any atom is -0.460 e. The molecule has 0 amide bonds. The Hall–Kier alpha value is -1.68. The zero-order chi connectivity index (χ0) is 13.5. The van der Waals surface area contributed by atoms with Crippen molar-refractivity contribution in [2.75, 3.05) is 13.1 Å². The lowest BCUT2D eigenvalue weighted by molar-refractivity contribution is -0.152. The summed E-state index contributed by atoms with van der Waals surface area (Å²) in [5.74, 6) is -0.139. The average molecular weight is 259 g/mol. The second kappa shape index (κ2) is 4.46. The number of fused-ring (bicyclic) bond motifs is 1. The molecule has 100 valence electrons. The predicted molar refractivity (Wildman–Crippen MR) is 69.2 cm³/mol. The van der Waals surface area contributed by atoms with E-state index < -0.39 is 5.41 Å². The van der Waals surface area contributed by atoms with E-state index in [-0.39, 0.29) is 30.2 Å². The third-order valence-electron chi connectivity index (χ3n) is 4.32. The van der Waals surface area contributed by atoms with E-state index in [2.05, 4.69) is 5.32 Å². The third-order valence-corrected chi connectivity index (χ3v) is 4.32. The molecule has 0 aromatic heterocycles. The molecule has 1 N–H and O–H groups in total. The van der Waals surface area contributed by atoms with E-state index in [1.807, 2.05) is 30.3 Å². The molecule has 2 fully saturated rings. The fourth-order valence-corrected chi connectivity index (χ4v) is 3.35. The highest BCUT2D eigenvalue weighted by Gasteiger charge is 2.74. The van der Waals surface area contributed by atoms with Gasteiger partial charge in [-0.15, -0.1) is 0 Å². The van der Waals surface area contributed by atoms with Gasteiger partial charge in [-0.2, -0.15) is 0 Å². The van der Waals surface area contributed by atoms with Crippen molar-refractivity contribution in [2.24, 2.45) is 17.3 Å². The lowest BCUT2D eigenvalue weighted by Crippen LogP contribution is -2.30. The second-order valence-electron chi connectivity index (χ2n) is 5.43. The number of rotatable bonds is 4. The van der Waals surface area contributed by atoms with Crippen molar-refractivity contribution in [3.8, 4) is 0 Å². The van der Waals surface area contributed by atoms with Crippen LogP contribution in [0.3, 0.4) is 0 Å². The van der Waals surface area contributed by atoms with Gasteiger partial charge in [0.05, 0.1) is 5.41 Å². The van der Waals surface area contributed by atoms with Crippen molar-refractivity contribution in [3.63, 3.8) is 0 Å². The molecule has 0 bridgehead atoms. The van der Waals surface area contributed by atoms with E-state index in [4.69, 9.17) is 4.74 Å². The summed E-state index contributed by atoms with van der Waals surface area (Å²) in [6.07, 6.45) is 0. The van der Waals surface area contributed by atoms with Crippen LogP contribution in [0.5, 0.6) is 0 Å². The Morgan fingerprint density at radius 3 is 2.74 bits per heavy atom. The Bertz CT molecular complexity index is 513. The molecule has 1 aliphatic carbocycles. The number of Topliss-reactive ketones (excluding diaryl/α,β-unsaturated/α-hetero) is 1. The van der Waals surface area contributed by atoms with Crippen molar-refractivity contribution < 1.29 is 14.3 Å². The Labute approximate surface area is 112 Å². The van der Waals surface area contributed by atoms with Crippen LogP contribution in [0.1, 0.15) is 12.5 Å². The van der Waals surface area contributed by atoms with Gasteiger partial charge in [0.15, 0.2) is 0 Å². The van der Waals surface area contributed by atoms with Crippen molar-refractivity contribution in [2.45, 2.75) is 13.5 Å². The molecule has 4 heteroatoms. The van der Waals surface area contributed by atoms with Gasteiger partial charge >= 0.3 is 5.97 Å². The normalized spacial score (nSPS) is 31.6. The molecule has 1 aromatic carbocycles. The number of piperidine rings is 1. The van der Waals surface area contributed by atoms with E-state index in [1.165, 1.54) is 0 Å². The minimum absolute atomic E-state index is 0.100. The first kappa shape index (κ1) is 12.4. The van der Waals surface area contributed by atoms with E-state index in [0.29, 0.717) is 6.54 Å². The molecular weight excluding hydrogens is 242 g/mol. The van der Waals surface area contributed by atoms with E-state index in [0.717, 1.165) is 12.1 Å². The smallest absolute Gasteiger partial charge is 0.314 e. The highest BCUT2D eigenvalue weighted by molar-refractivity contribution is 5.95. The van der Waals surface area contributed by atoms with Crippen LogP contribution in [0.4, 0.5) is 0 Å². The number of carbonyl (C=O) groups is 2. The molecule has 3 unspecified atom stereocenters. The Morgan fingerprint density at radius 2 is 2.11 bits per heavy atom. The highest BCUT2D eigenvalue weighted by Crippen LogP contribution is 2.61. The maximum atomic E-state index is 12.3. The Kier molecular flexibility index (Phi) is 2.90. The monoisotopic (exact) mass is 259 g/mol. The van der Waals surface area contributed by atoms with Gasteiger partial charge in [0.2, 0.25) is 0 Å². The summed E-state index contributed by atoms with van der Waals surface area (Å²) in [7, 11) is 0. The fraction of sp³-hybridized carbons (Fsp3) is 0.467.